The first kappa shape index (κ1) is 15.3. The summed E-state index contributed by atoms with van der Waals surface area (Å²) in [5.74, 6) is 0.0305. The molecule has 0 atom stereocenters. The largest absolute Gasteiger partial charge is 0.351 e. The quantitative estimate of drug-likeness (QED) is 0.875. The number of aromatic nitrogens is 2. The molecule has 0 aliphatic rings. The molecule has 1 heterocycles. The molecule has 1 aromatic carbocycles. The minimum atomic E-state index is 0.0305. The number of amides is 1. The molecule has 0 spiro atoms. The smallest absolute Gasteiger partial charge is 0.234 e. The van der Waals surface area contributed by atoms with Crippen LogP contribution in [0.25, 0.3) is 0 Å². The van der Waals surface area contributed by atoms with E-state index in [0.717, 1.165) is 23.4 Å². The fraction of sp³-hybridized carbons (Fsp3) is 0.375. The molecule has 0 saturated heterocycles. The molecule has 5 heteroatoms. The Hall–Kier alpha value is -2.14. The van der Waals surface area contributed by atoms with Gasteiger partial charge < -0.3 is 5.32 Å². The zero-order chi connectivity index (χ0) is 15.2. The summed E-state index contributed by atoms with van der Waals surface area (Å²) in [5, 5.41) is 7.15. The summed E-state index contributed by atoms with van der Waals surface area (Å²) in [6, 6.07) is 9.92. The van der Waals surface area contributed by atoms with Crippen molar-refractivity contribution in [3.8, 4) is 0 Å². The number of likely N-dealkylation sites (N-methyl/N-ethyl adjacent to an activating group) is 1. The maximum absolute atomic E-state index is 11.9. The predicted molar refractivity (Wildman–Crippen MR) is 82.6 cm³/mol. The first-order valence-corrected chi connectivity index (χ1v) is 7.03. The molecule has 21 heavy (non-hydrogen) atoms. The Bertz CT molecular complexity index is 592. The van der Waals surface area contributed by atoms with Gasteiger partial charge in [0.05, 0.1) is 12.7 Å². The number of carbonyl (C=O) groups is 1. The lowest BCUT2D eigenvalue weighted by Gasteiger charge is -2.16. The summed E-state index contributed by atoms with van der Waals surface area (Å²) in [6.07, 6.45) is 1.85. The van der Waals surface area contributed by atoms with Crippen molar-refractivity contribution in [2.75, 3.05) is 13.6 Å². The standard InChI is InChI=1S/C16H22N4O/c1-13-15(10-18-20(13)3)11-19(2)12-16(21)17-9-14-7-5-4-6-8-14/h4-8,10H,9,11-12H2,1-3H3,(H,17,21). The first-order valence-electron chi connectivity index (χ1n) is 7.03. The van der Waals surface area contributed by atoms with E-state index in [1.807, 2.05) is 67.1 Å². The molecule has 1 N–H and O–H groups in total. The highest BCUT2D eigenvalue weighted by Gasteiger charge is 2.10. The zero-order valence-electron chi connectivity index (χ0n) is 12.8. The van der Waals surface area contributed by atoms with Crippen LogP contribution in [-0.2, 0) is 24.9 Å². The summed E-state index contributed by atoms with van der Waals surface area (Å²) < 4.78 is 1.85. The molecular weight excluding hydrogens is 264 g/mol. The highest BCUT2D eigenvalue weighted by atomic mass is 16.2. The molecule has 2 aromatic rings. The summed E-state index contributed by atoms with van der Waals surface area (Å²) in [7, 11) is 3.86. The number of benzene rings is 1. The second kappa shape index (κ2) is 7.04. The monoisotopic (exact) mass is 286 g/mol. The van der Waals surface area contributed by atoms with E-state index in [1.165, 1.54) is 0 Å². The number of carbonyl (C=O) groups excluding carboxylic acids is 1. The number of hydrogen-bond acceptors (Lipinski definition) is 3. The van der Waals surface area contributed by atoms with E-state index < -0.39 is 0 Å². The summed E-state index contributed by atoms with van der Waals surface area (Å²) in [6.45, 7) is 3.70. The van der Waals surface area contributed by atoms with Crippen molar-refractivity contribution in [1.29, 1.82) is 0 Å². The van der Waals surface area contributed by atoms with Gasteiger partial charge in [-0.15, -0.1) is 0 Å². The Morgan fingerprint density at radius 1 is 1.33 bits per heavy atom. The second-order valence-corrected chi connectivity index (χ2v) is 5.31. The van der Waals surface area contributed by atoms with Crippen molar-refractivity contribution >= 4 is 5.91 Å². The van der Waals surface area contributed by atoms with E-state index in [9.17, 15) is 4.79 Å². The predicted octanol–water partition coefficient (Wildman–Crippen LogP) is 1.48. The van der Waals surface area contributed by atoms with Gasteiger partial charge in [0.2, 0.25) is 5.91 Å². The number of aryl methyl sites for hydroxylation is 1. The van der Waals surface area contributed by atoms with Gasteiger partial charge in [-0.1, -0.05) is 30.3 Å². The Labute approximate surface area is 125 Å². The minimum Gasteiger partial charge on any atom is -0.351 e. The Morgan fingerprint density at radius 3 is 2.67 bits per heavy atom. The minimum absolute atomic E-state index is 0.0305. The Kier molecular flexibility index (Phi) is 5.11. The van der Waals surface area contributed by atoms with Crippen molar-refractivity contribution < 1.29 is 4.79 Å². The third kappa shape index (κ3) is 4.43. The van der Waals surface area contributed by atoms with Gasteiger partial charge in [-0.05, 0) is 19.5 Å². The van der Waals surface area contributed by atoms with Crippen LogP contribution in [0.4, 0.5) is 0 Å². The van der Waals surface area contributed by atoms with E-state index in [4.69, 9.17) is 0 Å². The lowest BCUT2D eigenvalue weighted by molar-refractivity contribution is -0.122. The second-order valence-electron chi connectivity index (χ2n) is 5.31. The molecule has 1 aromatic heterocycles. The molecule has 0 bridgehead atoms. The number of nitrogens with one attached hydrogen (secondary N) is 1. The average molecular weight is 286 g/mol. The molecule has 0 aliphatic heterocycles. The van der Waals surface area contributed by atoms with Crippen molar-refractivity contribution in [2.24, 2.45) is 7.05 Å². The summed E-state index contributed by atoms with van der Waals surface area (Å²) in [4.78, 5) is 13.9. The molecule has 0 aliphatic carbocycles. The van der Waals surface area contributed by atoms with Gasteiger partial charge in [-0.2, -0.15) is 5.10 Å². The van der Waals surface area contributed by atoms with Crippen molar-refractivity contribution in [3.05, 3.63) is 53.3 Å². The lowest BCUT2D eigenvalue weighted by atomic mass is 10.2. The van der Waals surface area contributed by atoms with Gasteiger partial charge in [0.15, 0.2) is 0 Å². The SMILES string of the molecule is Cc1c(CN(C)CC(=O)NCc2ccccc2)cnn1C. The normalized spacial score (nSPS) is 10.9. The molecule has 0 unspecified atom stereocenters. The molecule has 0 radical (unpaired) electrons. The zero-order valence-corrected chi connectivity index (χ0v) is 12.8. The Balaban J connectivity index is 1.78. The number of hydrogen-bond donors (Lipinski definition) is 1. The third-order valence-electron chi connectivity index (χ3n) is 3.52. The highest BCUT2D eigenvalue weighted by molar-refractivity contribution is 5.77. The fourth-order valence-corrected chi connectivity index (χ4v) is 2.14. The summed E-state index contributed by atoms with van der Waals surface area (Å²) in [5.41, 5.74) is 3.39. The van der Waals surface area contributed by atoms with E-state index >= 15 is 0 Å². The molecule has 2 rings (SSSR count). The topological polar surface area (TPSA) is 50.2 Å². The summed E-state index contributed by atoms with van der Waals surface area (Å²) >= 11 is 0. The van der Waals surface area contributed by atoms with Crippen LogP contribution in [0.2, 0.25) is 0 Å². The van der Waals surface area contributed by atoms with Crippen LogP contribution >= 0.6 is 0 Å². The Morgan fingerprint density at radius 2 is 2.05 bits per heavy atom. The van der Waals surface area contributed by atoms with Gasteiger partial charge in [-0.3, -0.25) is 14.4 Å². The van der Waals surface area contributed by atoms with Crippen molar-refractivity contribution in [3.63, 3.8) is 0 Å². The van der Waals surface area contributed by atoms with Crippen molar-refractivity contribution in [1.82, 2.24) is 20.0 Å². The van der Waals surface area contributed by atoms with Gasteiger partial charge in [0, 0.05) is 31.4 Å². The average Bonchev–Trinajstić information content (AvgIpc) is 2.78. The van der Waals surface area contributed by atoms with Crippen LogP contribution in [0.5, 0.6) is 0 Å². The maximum atomic E-state index is 11.9. The van der Waals surface area contributed by atoms with Crippen LogP contribution in [0.3, 0.4) is 0 Å². The molecule has 1 amide bonds. The van der Waals surface area contributed by atoms with Crippen LogP contribution < -0.4 is 5.32 Å². The molecule has 112 valence electrons. The molecular formula is C16H22N4O. The lowest BCUT2D eigenvalue weighted by Crippen LogP contribution is -2.34. The number of nitrogens with zero attached hydrogens (tertiary/aromatic N) is 3. The highest BCUT2D eigenvalue weighted by Crippen LogP contribution is 2.08. The van der Waals surface area contributed by atoms with Crippen LogP contribution in [0, 0.1) is 6.92 Å². The van der Waals surface area contributed by atoms with Gasteiger partial charge in [0.25, 0.3) is 0 Å². The van der Waals surface area contributed by atoms with E-state index in [1.54, 1.807) is 0 Å². The van der Waals surface area contributed by atoms with Gasteiger partial charge >= 0.3 is 0 Å². The van der Waals surface area contributed by atoms with E-state index in [0.29, 0.717) is 13.1 Å². The maximum Gasteiger partial charge on any atom is 0.234 e. The molecule has 5 nitrogen and oxygen atoms in total. The fourth-order valence-electron chi connectivity index (χ4n) is 2.14. The third-order valence-corrected chi connectivity index (χ3v) is 3.52. The van der Waals surface area contributed by atoms with Crippen LogP contribution in [-0.4, -0.2) is 34.2 Å². The van der Waals surface area contributed by atoms with Gasteiger partial charge in [-0.25, -0.2) is 0 Å². The van der Waals surface area contributed by atoms with Crippen LogP contribution in [0.1, 0.15) is 16.8 Å². The first-order chi connectivity index (χ1) is 10.1. The van der Waals surface area contributed by atoms with Crippen molar-refractivity contribution in [2.45, 2.75) is 20.0 Å². The van der Waals surface area contributed by atoms with E-state index in [-0.39, 0.29) is 5.91 Å². The molecule has 0 saturated carbocycles. The van der Waals surface area contributed by atoms with Gasteiger partial charge in [0.1, 0.15) is 0 Å². The number of rotatable bonds is 6. The van der Waals surface area contributed by atoms with Crippen LogP contribution in [0.15, 0.2) is 36.5 Å². The van der Waals surface area contributed by atoms with E-state index in [2.05, 4.69) is 10.4 Å². The molecule has 0 fully saturated rings.